The van der Waals surface area contributed by atoms with Crippen LogP contribution < -0.4 is 5.56 Å². The Morgan fingerprint density at radius 3 is 2.71 bits per heavy atom. The van der Waals surface area contributed by atoms with Crippen molar-refractivity contribution in [1.29, 1.82) is 0 Å². The molecule has 2 heterocycles. The monoisotopic (exact) mass is 280 g/mol. The van der Waals surface area contributed by atoms with Crippen molar-refractivity contribution in [3.05, 3.63) is 63.5 Å². The van der Waals surface area contributed by atoms with Gasteiger partial charge in [0, 0.05) is 17.0 Å². The van der Waals surface area contributed by atoms with E-state index < -0.39 is 0 Å². The molecule has 2 aromatic heterocycles. The van der Waals surface area contributed by atoms with E-state index in [1.807, 2.05) is 38.1 Å². The van der Waals surface area contributed by atoms with Gasteiger partial charge in [-0.1, -0.05) is 12.1 Å². The Labute approximate surface area is 122 Å². The molecule has 0 atom stereocenters. The number of aromatic nitrogens is 3. The highest BCUT2D eigenvalue weighted by Crippen LogP contribution is 2.09. The van der Waals surface area contributed by atoms with Gasteiger partial charge in [0.1, 0.15) is 5.82 Å². The molecule has 5 nitrogen and oxygen atoms in total. The van der Waals surface area contributed by atoms with E-state index in [0.29, 0.717) is 16.7 Å². The molecule has 106 valence electrons. The fraction of sp³-hybridized carbons (Fsp3) is 0.188. The highest BCUT2D eigenvalue weighted by molar-refractivity contribution is 5.82. The van der Waals surface area contributed by atoms with E-state index in [2.05, 4.69) is 15.1 Å². The minimum Gasteiger partial charge on any atom is -0.362 e. The summed E-state index contributed by atoms with van der Waals surface area (Å²) in [5.41, 5.74) is 3.59. The molecule has 5 heteroatoms. The van der Waals surface area contributed by atoms with E-state index in [4.69, 9.17) is 0 Å². The minimum atomic E-state index is -0.153. The second-order valence-corrected chi connectivity index (χ2v) is 5.07. The lowest BCUT2D eigenvalue weighted by Crippen LogP contribution is -2.20. The Kier molecular flexibility index (Phi) is 3.17. The smallest absolute Gasteiger partial charge is 0.282 e. The number of hydrogen-bond acceptors (Lipinski definition) is 3. The van der Waals surface area contributed by atoms with E-state index in [-0.39, 0.29) is 5.56 Å². The van der Waals surface area contributed by atoms with Crippen LogP contribution in [-0.2, 0) is 0 Å². The molecule has 1 aromatic carbocycles. The van der Waals surface area contributed by atoms with Crippen LogP contribution in [0.5, 0.6) is 0 Å². The van der Waals surface area contributed by atoms with E-state index in [1.165, 1.54) is 4.68 Å². The standard InChI is InChI=1S/C16H16N4O/c1-10-8-13(11(2)18-10)9-17-20-12(3)19-15-7-5-4-6-14(15)16(20)21/h4-9,18H,1-3H3/b17-9+. The molecule has 0 spiro atoms. The fourth-order valence-corrected chi connectivity index (χ4v) is 2.37. The van der Waals surface area contributed by atoms with Gasteiger partial charge >= 0.3 is 0 Å². The predicted molar refractivity (Wildman–Crippen MR) is 84.0 cm³/mol. The first kappa shape index (κ1) is 13.3. The van der Waals surface area contributed by atoms with E-state index >= 15 is 0 Å². The van der Waals surface area contributed by atoms with Crippen LogP contribution in [0, 0.1) is 20.8 Å². The molecule has 3 aromatic rings. The number of aromatic amines is 1. The van der Waals surface area contributed by atoms with Crippen molar-refractivity contribution in [1.82, 2.24) is 14.6 Å². The maximum Gasteiger partial charge on any atom is 0.282 e. The van der Waals surface area contributed by atoms with Gasteiger partial charge in [-0.3, -0.25) is 4.79 Å². The predicted octanol–water partition coefficient (Wildman–Crippen LogP) is 2.53. The number of hydrogen-bond donors (Lipinski definition) is 1. The lowest BCUT2D eigenvalue weighted by molar-refractivity contribution is 0.771. The van der Waals surface area contributed by atoms with E-state index in [9.17, 15) is 4.79 Å². The second-order valence-electron chi connectivity index (χ2n) is 5.07. The summed E-state index contributed by atoms with van der Waals surface area (Å²) >= 11 is 0. The third kappa shape index (κ3) is 2.38. The molecule has 0 aliphatic carbocycles. The van der Waals surface area contributed by atoms with Crippen LogP contribution in [-0.4, -0.2) is 20.9 Å². The van der Waals surface area contributed by atoms with Crippen LogP contribution in [0.15, 0.2) is 40.2 Å². The average Bonchev–Trinajstić information content (AvgIpc) is 2.77. The highest BCUT2D eigenvalue weighted by atomic mass is 16.1. The zero-order valence-corrected chi connectivity index (χ0v) is 12.2. The molecule has 21 heavy (non-hydrogen) atoms. The Hall–Kier alpha value is -2.69. The molecule has 0 amide bonds. The van der Waals surface area contributed by atoms with Gasteiger partial charge < -0.3 is 4.98 Å². The molecule has 0 bridgehead atoms. The number of rotatable bonds is 2. The van der Waals surface area contributed by atoms with Gasteiger partial charge in [0.2, 0.25) is 0 Å². The first-order valence-electron chi connectivity index (χ1n) is 6.75. The van der Waals surface area contributed by atoms with Crippen molar-refractivity contribution >= 4 is 17.1 Å². The third-order valence-electron chi connectivity index (χ3n) is 3.42. The molecule has 3 rings (SSSR count). The fourth-order valence-electron chi connectivity index (χ4n) is 2.37. The van der Waals surface area contributed by atoms with Crippen LogP contribution in [0.1, 0.15) is 22.8 Å². The van der Waals surface area contributed by atoms with Gasteiger partial charge in [-0.15, -0.1) is 0 Å². The zero-order valence-electron chi connectivity index (χ0n) is 12.2. The SMILES string of the molecule is Cc1cc(/C=N/n2c(C)nc3ccccc3c2=O)c(C)[nH]1. The number of fused-ring (bicyclic) bond motifs is 1. The number of para-hydroxylation sites is 1. The Morgan fingerprint density at radius 2 is 2.00 bits per heavy atom. The number of nitrogens with one attached hydrogen (secondary N) is 1. The second kappa shape index (κ2) is 5.01. The Bertz CT molecular complexity index is 902. The van der Waals surface area contributed by atoms with Gasteiger partial charge in [-0.05, 0) is 39.0 Å². The third-order valence-corrected chi connectivity index (χ3v) is 3.42. The number of aryl methyl sites for hydroxylation is 3. The van der Waals surface area contributed by atoms with Crippen molar-refractivity contribution in [2.75, 3.05) is 0 Å². The van der Waals surface area contributed by atoms with Crippen LogP contribution in [0.3, 0.4) is 0 Å². The Balaban J connectivity index is 2.13. The summed E-state index contributed by atoms with van der Waals surface area (Å²) < 4.78 is 1.34. The quantitative estimate of drug-likeness (QED) is 0.733. The first-order chi connectivity index (χ1) is 10.1. The molecule has 0 saturated carbocycles. The molecule has 0 radical (unpaired) electrons. The van der Waals surface area contributed by atoms with E-state index in [1.54, 1.807) is 19.2 Å². The maximum atomic E-state index is 12.5. The van der Waals surface area contributed by atoms with Gasteiger partial charge in [-0.25, -0.2) is 4.98 Å². The topological polar surface area (TPSA) is 63.0 Å². The summed E-state index contributed by atoms with van der Waals surface area (Å²) in [4.78, 5) is 20.1. The molecule has 0 fully saturated rings. The van der Waals surface area contributed by atoms with Crippen molar-refractivity contribution in [3.63, 3.8) is 0 Å². The summed E-state index contributed by atoms with van der Waals surface area (Å²) in [6, 6.07) is 9.29. The largest absolute Gasteiger partial charge is 0.362 e. The van der Waals surface area contributed by atoms with Gasteiger partial charge in [0.25, 0.3) is 5.56 Å². The van der Waals surface area contributed by atoms with Gasteiger partial charge in [-0.2, -0.15) is 9.78 Å². The molecule has 0 unspecified atom stereocenters. The summed E-state index contributed by atoms with van der Waals surface area (Å²) in [7, 11) is 0. The first-order valence-corrected chi connectivity index (χ1v) is 6.75. The molecule has 0 aliphatic rings. The van der Waals surface area contributed by atoms with Crippen molar-refractivity contribution in [3.8, 4) is 0 Å². The Morgan fingerprint density at radius 1 is 1.24 bits per heavy atom. The molecular formula is C16H16N4O. The van der Waals surface area contributed by atoms with Crippen molar-refractivity contribution in [2.45, 2.75) is 20.8 Å². The number of benzene rings is 1. The summed E-state index contributed by atoms with van der Waals surface area (Å²) in [6.07, 6.45) is 1.68. The molecule has 0 aliphatic heterocycles. The van der Waals surface area contributed by atoms with Crippen LogP contribution in [0.2, 0.25) is 0 Å². The molecule has 0 saturated heterocycles. The summed E-state index contributed by atoms with van der Waals surface area (Å²) in [6.45, 7) is 5.74. The zero-order chi connectivity index (χ0) is 15.0. The average molecular weight is 280 g/mol. The number of H-pyrrole nitrogens is 1. The normalized spacial score (nSPS) is 11.6. The lowest BCUT2D eigenvalue weighted by Gasteiger charge is -2.04. The van der Waals surface area contributed by atoms with E-state index in [0.717, 1.165) is 17.0 Å². The van der Waals surface area contributed by atoms with Crippen molar-refractivity contribution < 1.29 is 0 Å². The number of nitrogens with zero attached hydrogens (tertiary/aromatic N) is 3. The van der Waals surface area contributed by atoms with Crippen molar-refractivity contribution in [2.24, 2.45) is 5.10 Å². The van der Waals surface area contributed by atoms with Crippen LogP contribution in [0.25, 0.3) is 10.9 Å². The summed E-state index contributed by atoms with van der Waals surface area (Å²) in [5.74, 6) is 0.569. The van der Waals surface area contributed by atoms with Gasteiger partial charge in [0.15, 0.2) is 0 Å². The van der Waals surface area contributed by atoms with Crippen LogP contribution in [0.4, 0.5) is 0 Å². The highest BCUT2D eigenvalue weighted by Gasteiger charge is 2.06. The lowest BCUT2D eigenvalue weighted by atomic mass is 10.2. The molecular weight excluding hydrogens is 264 g/mol. The van der Waals surface area contributed by atoms with Crippen LogP contribution >= 0.6 is 0 Å². The molecule has 1 N–H and O–H groups in total. The van der Waals surface area contributed by atoms with Gasteiger partial charge in [0.05, 0.1) is 17.1 Å². The maximum absolute atomic E-state index is 12.5. The minimum absolute atomic E-state index is 0.153. The summed E-state index contributed by atoms with van der Waals surface area (Å²) in [5, 5.41) is 4.87.